The summed E-state index contributed by atoms with van der Waals surface area (Å²) in [5.41, 5.74) is 2.83. The van der Waals surface area contributed by atoms with E-state index in [9.17, 15) is 9.90 Å². The van der Waals surface area contributed by atoms with Gasteiger partial charge in [-0.1, -0.05) is 40.2 Å². The molecule has 0 aromatic heterocycles. The van der Waals surface area contributed by atoms with Crippen LogP contribution in [0.15, 0.2) is 42.5 Å². The van der Waals surface area contributed by atoms with Gasteiger partial charge in [0.1, 0.15) is 5.75 Å². The van der Waals surface area contributed by atoms with E-state index in [0.717, 1.165) is 11.3 Å². The molecule has 104 valence electrons. The normalized spacial score (nSPS) is 11.9. The van der Waals surface area contributed by atoms with Gasteiger partial charge >= 0.3 is 0 Å². The highest BCUT2D eigenvalue weighted by Gasteiger charge is 2.14. The molecule has 0 aliphatic rings. The lowest BCUT2D eigenvalue weighted by atomic mass is 10.1. The lowest BCUT2D eigenvalue weighted by Gasteiger charge is -2.14. The molecule has 1 atom stereocenters. The Hall–Kier alpha value is -1.81. The largest absolute Gasteiger partial charge is 0.508 e. The van der Waals surface area contributed by atoms with Crippen molar-refractivity contribution in [3.05, 3.63) is 59.2 Å². The average molecular weight is 334 g/mol. The summed E-state index contributed by atoms with van der Waals surface area (Å²) in [5, 5.41) is 12.6. The predicted octanol–water partition coefficient (Wildman–Crippen LogP) is 4.41. The van der Waals surface area contributed by atoms with Gasteiger partial charge in [0.25, 0.3) is 5.91 Å². The topological polar surface area (TPSA) is 49.3 Å². The molecule has 2 rings (SSSR count). The number of hydrogen-bond donors (Lipinski definition) is 2. The van der Waals surface area contributed by atoms with Crippen LogP contribution >= 0.6 is 15.9 Å². The molecule has 0 bridgehead atoms. The molecule has 0 radical (unpaired) electrons. The summed E-state index contributed by atoms with van der Waals surface area (Å²) in [5.74, 6) is -0.0983. The average Bonchev–Trinajstić information content (AvgIpc) is 2.42. The number of amides is 1. The first-order chi connectivity index (χ1) is 9.50. The van der Waals surface area contributed by atoms with E-state index in [-0.39, 0.29) is 16.5 Å². The van der Waals surface area contributed by atoms with Crippen LogP contribution in [0.1, 0.15) is 33.2 Å². The van der Waals surface area contributed by atoms with Crippen LogP contribution in [0, 0.1) is 6.92 Å². The fourth-order valence-corrected chi connectivity index (χ4v) is 2.42. The van der Waals surface area contributed by atoms with Gasteiger partial charge in [-0.2, -0.15) is 0 Å². The van der Waals surface area contributed by atoms with Crippen molar-refractivity contribution < 1.29 is 9.90 Å². The monoisotopic (exact) mass is 333 g/mol. The van der Waals surface area contributed by atoms with Gasteiger partial charge in [-0.3, -0.25) is 4.79 Å². The second-order valence-electron chi connectivity index (χ2n) is 4.61. The Morgan fingerprint density at radius 3 is 2.60 bits per heavy atom. The Kier molecular flexibility index (Phi) is 4.45. The second kappa shape index (κ2) is 6.09. The van der Waals surface area contributed by atoms with E-state index in [2.05, 4.69) is 21.2 Å². The Labute approximate surface area is 126 Å². The van der Waals surface area contributed by atoms with Crippen molar-refractivity contribution in [3.8, 4) is 5.75 Å². The van der Waals surface area contributed by atoms with Crippen molar-refractivity contribution >= 4 is 27.5 Å². The number of para-hydroxylation sites is 1. The molecule has 2 aromatic rings. The molecule has 4 heteroatoms. The van der Waals surface area contributed by atoms with Crippen LogP contribution in [0.4, 0.5) is 5.69 Å². The number of hydrogen-bond acceptors (Lipinski definition) is 2. The van der Waals surface area contributed by atoms with E-state index in [4.69, 9.17) is 0 Å². The van der Waals surface area contributed by atoms with Crippen LogP contribution in [-0.2, 0) is 0 Å². The number of nitrogens with one attached hydrogen (secondary N) is 1. The van der Waals surface area contributed by atoms with Crippen LogP contribution in [0.5, 0.6) is 5.75 Å². The summed E-state index contributed by atoms with van der Waals surface area (Å²) in [6, 6.07) is 12.6. The third kappa shape index (κ3) is 3.02. The van der Waals surface area contributed by atoms with Gasteiger partial charge in [-0.25, -0.2) is 0 Å². The van der Waals surface area contributed by atoms with Crippen LogP contribution in [0.3, 0.4) is 0 Å². The number of alkyl halides is 1. The summed E-state index contributed by atoms with van der Waals surface area (Å²) in [6.45, 7) is 3.73. The lowest BCUT2D eigenvalue weighted by molar-refractivity contribution is 0.102. The molecule has 1 amide bonds. The molecule has 3 nitrogen and oxygen atoms in total. The summed E-state index contributed by atoms with van der Waals surface area (Å²) in [4.78, 5) is 12.5. The van der Waals surface area contributed by atoms with Gasteiger partial charge in [-0.15, -0.1) is 0 Å². The van der Waals surface area contributed by atoms with Crippen molar-refractivity contribution in [3.63, 3.8) is 0 Å². The SMILES string of the molecule is Cc1c(O)cccc1C(=O)Nc1ccccc1C(C)Br. The summed E-state index contributed by atoms with van der Waals surface area (Å²) in [7, 11) is 0. The highest BCUT2D eigenvalue weighted by Crippen LogP contribution is 2.29. The van der Waals surface area contributed by atoms with Crippen molar-refractivity contribution in [2.75, 3.05) is 5.32 Å². The Bertz CT molecular complexity index is 638. The van der Waals surface area contributed by atoms with Gasteiger partial charge in [0.15, 0.2) is 0 Å². The Morgan fingerprint density at radius 2 is 1.90 bits per heavy atom. The second-order valence-corrected chi connectivity index (χ2v) is 5.98. The molecule has 0 heterocycles. The Morgan fingerprint density at radius 1 is 1.20 bits per heavy atom. The summed E-state index contributed by atoms with van der Waals surface area (Å²) < 4.78 is 0. The van der Waals surface area contributed by atoms with Crippen LogP contribution < -0.4 is 5.32 Å². The van der Waals surface area contributed by atoms with Gasteiger partial charge in [0.05, 0.1) is 0 Å². The smallest absolute Gasteiger partial charge is 0.256 e. The minimum atomic E-state index is -0.223. The number of benzene rings is 2. The van der Waals surface area contributed by atoms with E-state index in [1.165, 1.54) is 0 Å². The fraction of sp³-hybridized carbons (Fsp3) is 0.188. The van der Waals surface area contributed by atoms with E-state index < -0.39 is 0 Å². The van der Waals surface area contributed by atoms with Gasteiger partial charge in [0, 0.05) is 21.6 Å². The molecule has 2 aromatic carbocycles. The summed E-state index contributed by atoms with van der Waals surface area (Å²) in [6.07, 6.45) is 0. The van der Waals surface area contributed by atoms with Crippen molar-refractivity contribution in [1.82, 2.24) is 0 Å². The van der Waals surface area contributed by atoms with Crippen molar-refractivity contribution in [1.29, 1.82) is 0 Å². The highest BCUT2D eigenvalue weighted by molar-refractivity contribution is 9.09. The third-order valence-corrected chi connectivity index (χ3v) is 3.68. The van der Waals surface area contributed by atoms with E-state index >= 15 is 0 Å². The maximum Gasteiger partial charge on any atom is 0.256 e. The fourth-order valence-electron chi connectivity index (χ4n) is 2.02. The molecular formula is C16H16BrNO2. The van der Waals surface area contributed by atoms with Crippen LogP contribution in [0.2, 0.25) is 0 Å². The maximum atomic E-state index is 12.3. The number of halogens is 1. The molecule has 0 saturated carbocycles. The maximum absolute atomic E-state index is 12.3. The number of rotatable bonds is 3. The van der Waals surface area contributed by atoms with Crippen molar-refractivity contribution in [2.24, 2.45) is 0 Å². The van der Waals surface area contributed by atoms with Gasteiger partial charge in [-0.05, 0) is 37.6 Å². The quantitative estimate of drug-likeness (QED) is 0.817. The Balaban J connectivity index is 2.31. The predicted molar refractivity (Wildman–Crippen MR) is 84.6 cm³/mol. The first-order valence-corrected chi connectivity index (χ1v) is 7.25. The number of anilines is 1. The zero-order chi connectivity index (χ0) is 14.7. The minimum absolute atomic E-state index is 0.125. The van der Waals surface area contributed by atoms with Gasteiger partial charge in [0.2, 0.25) is 0 Å². The number of aromatic hydroxyl groups is 1. The minimum Gasteiger partial charge on any atom is -0.508 e. The number of phenols is 1. The molecule has 0 saturated heterocycles. The van der Waals surface area contributed by atoms with Gasteiger partial charge < -0.3 is 10.4 Å². The van der Waals surface area contributed by atoms with Crippen LogP contribution in [-0.4, -0.2) is 11.0 Å². The number of carbonyl (C=O) groups is 1. The molecule has 0 spiro atoms. The molecule has 1 unspecified atom stereocenters. The zero-order valence-corrected chi connectivity index (χ0v) is 12.9. The lowest BCUT2D eigenvalue weighted by Crippen LogP contribution is -2.14. The standard InChI is InChI=1S/C16H16BrNO2/c1-10-12(7-5-9-15(10)19)16(20)18-14-8-4-3-6-13(14)11(2)17/h3-9,11,19H,1-2H3,(H,18,20). The first-order valence-electron chi connectivity index (χ1n) is 6.33. The summed E-state index contributed by atoms with van der Waals surface area (Å²) >= 11 is 3.51. The van der Waals surface area contributed by atoms with Crippen molar-refractivity contribution in [2.45, 2.75) is 18.7 Å². The zero-order valence-electron chi connectivity index (χ0n) is 11.4. The van der Waals surface area contributed by atoms with E-state index in [1.54, 1.807) is 25.1 Å². The number of phenolic OH excluding ortho intramolecular Hbond substituents is 1. The molecule has 0 fully saturated rings. The van der Waals surface area contributed by atoms with E-state index in [0.29, 0.717) is 11.1 Å². The molecular weight excluding hydrogens is 318 g/mol. The van der Waals surface area contributed by atoms with Crippen LogP contribution in [0.25, 0.3) is 0 Å². The third-order valence-electron chi connectivity index (χ3n) is 3.19. The van der Waals surface area contributed by atoms with E-state index in [1.807, 2.05) is 31.2 Å². The highest BCUT2D eigenvalue weighted by atomic mass is 79.9. The number of carbonyl (C=O) groups excluding carboxylic acids is 1. The molecule has 20 heavy (non-hydrogen) atoms. The molecule has 0 aliphatic carbocycles. The molecule has 2 N–H and O–H groups in total. The first kappa shape index (κ1) is 14.6. The molecule has 0 aliphatic heterocycles.